The van der Waals surface area contributed by atoms with Crippen molar-refractivity contribution in [1.82, 2.24) is 4.90 Å². The zero-order valence-corrected chi connectivity index (χ0v) is 21.7. The minimum absolute atomic E-state index is 0.178. The number of carbonyl (C=O) groups is 1. The summed E-state index contributed by atoms with van der Waals surface area (Å²) in [6.45, 7) is 4.90. The molecule has 0 saturated carbocycles. The highest BCUT2D eigenvalue weighted by Crippen LogP contribution is 2.37. The fourth-order valence-electron chi connectivity index (χ4n) is 3.60. The predicted octanol–water partition coefficient (Wildman–Crippen LogP) is 6.34. The molecule has 1 amide bonds. The largest absolute Gasteiger partial charge is 0.490 e. The van der Waals surface area contributed by atoms with Crippen molar-refractivity contribution in [2.24, 2.45) is 0 Å². The van der Waals surface area contributed by atoms with Crippen LogP contribution in [0.1, 0.15) is 23.6 Å². The number of rotatable bonds is 7. The Morgan fingerprint density at radius 2 is 1.68 bits per heavy atom. The molecule has 1 aliphatic heterocycles. The summed E-state index contributed by atoms with van der Waals surface area (Å²) in [7, 11) is 1.80. The first-order valence-electron chi connectivity index (χ1n) is 10.9. The van der Waals surface area contributed by atoms with Crippen molar-refractivity contribution in [3.8, 4) is 11.5 Å². The number of amides is 1. The molecule has 0 unspecified atom stereocenters. The second kappa shape index (κ2) is 10.4. The lowest BCUT2D eigenvalue weighted by atomic mass is 10.1. The van der Waals surface area contributed by atoms with Gasteiger partial charge in [-0.3, -0.25) is 9.69 Å². The van der Waals surface area contributed by atoms with Gasteiger partial charge >= 0.3 is 0 Å². The van der Waals surface area contributed by atoms with Crippen LogP contribution >= 0.6 is 28.1 Å². The minimum Gasteiger partial charge on any atom is -0.490 e. The van der Waals surface area contributed by atoms with E-state index in [4.69, 9.17) is 21.7 Å². The lowest BCUT2D eigenvalue weighted by Crippen LogP contribution is -2.30. The van der Waals surface area contributed by atoms with E-state index in [-0.39, 0.29) is 5.91 Å². The monoisotopic (exact) mass is 536 g/mol. The average molecular weight is 537 g/mol. The Kier molecular flexibility index (Phi) is 7.34. The number of likely N-dealkylation sites (N-methyl/N-ethyl adjacent to an activating group) is 1. The van der Waals surface area contributed by atoms with E-state index in [0.29, 0.717) is 35.5 Å². The maximum atomic E-state index is 13.3. The Morgan fingerprint density at radius 1 is 1.00 bits per heavy atom. The number of benzene rings is 3. The van der Waals surface area contributed by atoms with Crippen molar-refractivity contribution in [3.63, 3.8) is 0 Å². The van der Waals surface area contributed by atoms with Crippen LogP contribution in [0.3, 0.4) is 0 Å². The number of halogens is 1. The van der Waals surface area contributed by atoms with Crippen molar-refractivity contribution >= 4 is 50.9 Å². The van der Waals surface area contributed by atoms with Crippen LogP contribution in [-0.4, -0.2) is 29.6 Å². The molecule has 0 bridgehead atoms. The molecule has 0 aliphatic carbocycles. The first kappa shape index (κ1) is 24.0. The van der Waals surface area contributed by atoms with Gasteiger partial charge in [-0.05, 0) is 67.5 Å². The molecule has 0 N–H and O–H groups in total. The molecular formula is C27H25BrN2O3S. The van der Waals surface area contributed by atoms with Gasteiger partial charge in [0.2, 0.25) is 0 Å². The third-order valence-corrected chi connectivity index (χ3v) is 6.59. The van der Waals surface area contributed by atoms with Crippen LogP contribution in [0, 0.1) is 6.92 Å². The molecule has 5 nitrogen and oxygen atoms in total. The first-order chi connectivity index (χ1) is 16.4. The lowest BCUT2D eigenvalue weighted by Gasteiger charge is -2.16. The topological polar surface area (TPSA) is 42.0 Å². The van der Waals surface area contributed by atoms with Gasteiger partial charge in [0.15, 0.2) is 16.6 Å². The van der Waals surface area contributed by atoms with Gasteiger partial charge in [-0.1, -0.05) is 64.0 Å². The Balaban J connectivity index is 1.63. The summed E-state index contributed by atoms with van der Waals surface area (Å²) < 4.78 is 12.7. The van der Waals surface area contributed by atoms with E-state index in [2.05, 4.69) is 35.0 Å². The van der Waals surface area contributed by atoms with Gasteiger partial charge < -0.3 is 14.4 Å². The van der Waals surface area contributed by atoms with E-state index in [0.717, 1.165) is 21.3 Å². The lowest BCUT2D eigenvalue weighted by molar-refractivity contribution is -0.114. The van der Waals surface area contributed by atoms with Crippen LogP contribution in [0.2, 0.25) is 0 Å². The Morgan fingerprint density at radius 3 is 2.35 bits per heavy atom. The molecule has 1 saturated heterocycles. The van der Waals surface area contributed by atoms with Crippen molar-refractivity contribution in [2.45, 2.75) is 20.5 Å². The van der Waals surface area contributed by atoms with Crippen molar-refractivity contribution in [1.29, 1.82) is 0 Å². The molecule has 1 heterocycles. The summed E-state index contributed by atoms with van der Waals surface area (Å²) in [4.78, 5) is 16.5. The van der Waals surface area contributed by atoms with E-state index < -0.39 is 0 Å². The maximum absolute atomic E-state index is 13.3. The van der Waals surface area contributed by atoms with Crippen LogP contribution in [0.15, 0.2) is 76.9 Å². The Hall–Kier alpha value is -3.16. The molecule has 1 aliphatic rings. The van der Waals surface area contributed by atoms with Crippen molar-refractivity contribution in [2.75, 3.05) is 18.6 Å². The van der Waals surface area contributed by atoms with E-state index >= 15 is 0 Å². The molecule has 7 heteroatoms. The predicted molar refractivity (Wildman–Crippen MR) is 143 cm³/mol. The number of para-hydroxylation sites is 1. The Bertz CT molecular complexity index is 1240. The third kappa shape index (κ3) is 5.00. The molecule has 4 rings (SSSR count). The SMILES string of the molecule is CCOc1cc(/C=C2/C(=O)N(c3ccccc3)C(=S)N2C)c(Br)cc1OCc1ccc(C)cc1. The molecule has 0 spiro atoms. The summed E-state index contributed by atoms with van der Waals surface area (Å²) in [5.74, 6) is 1.06. The second-order valence-corrected chi connectivity index (χ2v) is 9.09. The second-order valence-electron chi connectivity index (χ2n) is 7.88. The van der Waals surface area contributed by atoms with Gasteiger partial charge in [-0.25, -0.2) is 0 Å². The number of carbonyl (C=O) groups excluding carboxylic acids is 1. The first-order valence-corrected chi connectivity index (χ1v) is 12.1. The zero-order chi connectivity index (χ0) is 24.2. The standard InChI is InChI=1S/C27H25BrN2O3S/c1-4-32-24-15-20(22(28)16-25(24)33-17-19-12-10-18(2)11-13-19)14-23-26(31)30(27(34)29(23)3)21-8-6-5-7-9-21/h5-16H,4,17H2,1-3H3/b23-14-. The van der Waals surface area contributed by atoms with Gasteiger partial charge in [0.1, 0.15) is 12.3 Å². The molecule has 1 fully saturated rings. The number of hydrogen-bond acceptors (Lipinski definition) is 4. The van der Waals surface area contributed by atoms with E-state index in [1.807, 2.05) is 67.6 Å². The number of nitrogens with zero attached hydrogens (tertiary/aromatic N) is 2. The Labute approximate surface area is 213 Å². The van der Waals surface area contributed by atoms with Crippen LogP contribution in [0.5, 0.6) is 11.5 Å². The highest BCUT2D eigenvalue weighted by atomic mass is 79.9. The van der Waals surface area contributed by atoms with Gasteiger partial charge in [0, 0.05) is 11.5 Å². The van der Waals surface area contributed by atoms with Gasteiger partial charge in [0.25, 0.3) is 5.91 Å². The number of thiocarbonyl (C=S) groups is 1. The normalized spacial score (nSPS) is 14.8. The van der Waals surface area contributed by atoms with Crippen LogP contribution < -0.4 is 14.4 Å². The van der Waals surface area contributed by atoms with E-state index in [1.165, 1.54) is 10.5 Å². The smallest absolute Gasteiger partial charge is 0.281 e. The molecule has 0 radical (unpaired) electrons. The highest BCUT2D eigenvalue weighted by Gasteiger charge is 2.36. The van der Waals surface area contributed by atoms with Gasteiger partial charge in [0.05, 0.1) is 12.3 Å². The van der Waals surface area contributed by atoms with E-state index in [9.17, 15) is 4.79 Å². The summed E-state index contributed by atoms with van der Waals surface area (Å²) in [5, 5.41) is 0.432. The molecule has 0 aromatic heterocycles. The summed E-state index contributed by atoms with van der Waals surface area (Å²) >= 11 is 9.19. The van der Waals surface area contributed by atoms with Crippen molar-refractivity contribution < 1.29 is 14.3 Å². The molecule has 174 valence electrons. The molecular weight excluding hydrogens is 512 g/mol. The fraction of sp³-hybridized carbons (Fsp3) is 0.185. The van der Waals surface area contributed by atoms with Crippen molar-refractivity contribution in [3.05, 3.63) is 93.6 Å². The van der Waals surface area contributed by atoms with Gasteiger partial charge in [-0.15, -0.1) is 0 Å². The van der Waals surface area contributed by atoms with Gasteiger partial charge in [-0.2, -0.15) is 0 Å². The summed E-state index contributed by atoms with van der Waals surface area (Å²) in [5.41, 5.74) is 4.28. The van der Waals surface area contributed by atoms with Crippen LogP contribution in [0.25, 0.3) is 6.08 Å². The zero-order valence-electron chi connectivity index (χ0n) is 19.2. The van der Waals surface area contributed by atoms with Crippen LogP contribution in [0.4, 0.5) is 5.69 Å². The third-order valence-electron chi connectivity index (χ3n) is 5.45. The number of aryl methyl sites for hydroxylation is 1. The number of hydrogen-bond donors (Lipinski definition) is 0. The van der Waals surface area contributed by atoms with E-state index in [1.54, 1.807) is 11.9 Å². The number of ether oxygens (including phenoxy) is 2. The molecule has 34 heavy (non-hydrogen) atoms. The average Bonchev–Trinajstić information content (AvgIpc) is 3.04. The molecule has 3 aromatic carbocycles. The number of anilines is 1. The van der Waals surface area contributed by atoms with Crippen LogP contribution in [-0.2, 0) is 11.4 Å². The minimum atomic E-state index is -0.178. The summed E-state index contributed by atoms with van der Waals surface area (Å²) in [6.07, 6.45) is 1.81. The fourth-order valence-corrected chi connectivity index (χ4v) is 4.32. The highest BCUT2D eigenvalue weighted by molar-refractivity contribution is 9.10. The quantitative estimate of drug-likeness (QED) is 0.260. The molecule has 3 aromatic rings. The summed E-state index contributed by atoms with van der Waals surface area (Å²) in [6, 6.07) is 21.4. The maximum Gasteiger partial charge on any atom is 0.281 e. The molecule has 0 atom stereocenters.